The van der Waals surface area contributed by atoms with Crippen LogP contribution in [0.25, 0.3) is 0 Å². The summed E-state index contributed by atoms with van der Waals surface area (Å²) in [4.78, 5) is 0. The molecule has 21 heavy (non-hydrogen) atoms. The Balaban J connectivity index is 1.53. The fraction of sp³-hybridized carbons (Fsp3) is 0.700. The molecule has 0 amide bonds. The van der Waals surface area contributed by atoms with Gasteiger partial charge >= 0.3 is 0 Å². The molecule has 6 unspecified atom stereocenters. The van der Waals surface area contributed by atoms with E-state index in [2.05, 4.69) is 31.2 Å². The first kappa shape index (κ1) is 13.8. The van der Waals surface area contributed by atoms with Crippen LogP contribution in [0.4, 0.5) is 0 Å². The van der Waals surface area contributed by atoms with Crippen molar-refractivity contribution in [1.82, 2.24) is 0 Å². The van der Waals surface area contributed by atoms with Crippen molar-refractivity contribution in [1.29, 1.82) is 0 Å². The van der Waals surface area contributed by atoms with E-state index in [1.165, 1.54) is 44.9 Å². The summed E-state index contributed by atoms with van der Waals surface area (Å²) in [7, 11) is 0. The van der Waals surface area contributed by atoms with Gasteiger partial charge in [-0.1, -0.05) is 56.9 Å². The molecule has 0 radical (unpaired) electrons. The average molecular weight is 284 g/mol. The molecular weight excluding hydrogens is 256 g/mol. The monoisotopic (exact) mass is 284 g/mol. The van der Waals surface area contributed by atoms with Gasteiger partial charge in [0.2, 0.25) is 0 Å². The number of rotatable bonds is 3. The lowest BCUT2D eigenvalue weighted by Crippen LogP contribution is -2.32. The maximum absolute atomic E-state index is 11.1. The van der Waals surface area contributed by atoms with Crippen molar-refractivity contribution in [2.75, 3.05) is 0 Å². The third-order valence-electron chi connectivity index (χ3n) is 6.72. The van der Waals surface area contributed by atoms with Gasteiger partial charge in [-0.2, -0.15) is 0 Å². The van der Waals surface area contributed by atoms with Crippen LogP contribution in [-0.4, -0.2) is 11.2 Å². The first-order chi connectivity index (χ1) is 10.3. The SMILES string of the molecule is CCC1CCCCC1C(O)C1C2CCc3ccccc3C21. The summed E-state index contributed by atoms with van der Waals surface area (Å²) in [5, 5.41) is 11.1. The number of aryl methyl sites for hydroxylation is 1. The van der Waals surface area contributed by atoms with Gasteiger partial charge < -0.3 is 5.11 Å². The van der Waals surface area contributed by atoms with Gasteiger partial charge in [-0.15, -0.1) is 0 Å². The van der Waals surface area contributed by atoms with Crippen LogP contribution in [0.15, 0.2) is 24.3 Å². The summed E-state index contributed by atoms with van der Waals surface area (Å²) in [6, 6.07) is 8.96. The third-order valence-corrected chi connectivity index (χ3v) is 6.72. The number of aliphatic hydroxyl groups excluding tert-OH is 1. The molecular formula is C20H28O. The fourth-order valence-electron chi connectivity index (χ4n) is 5.56. The molecule has 1 heteroatoms. The highest BCUT2D eigenvalue weighted by molar-refractivity contribution is 5.39. The van der Waals surface area contributed by atoms with Crippen LogP contribution in [0.1, 0.15) is 62.5 Å². The maximum Gasteiger partial charge on any atom is 0.0608 e. The molecule has 0 aromatic heterocycles. The van der Waals surface area contributed by atoms with Crippen molar-refractivity contribution >= 4 is 0 Å². The Hall–Kier alpha value is -0.820. The Kier molecular flexibility index (Phi) is 3.57. The van der Waals surface area contributed by atoms with Gasteiger partial charge in [0.1, 0.15) is 0 Å². The minimum absolute atomic E-state index is 0.0450. The number of hydrogen-bond acceptors (Lipinski definition) is 1. The van der Waals surface area contributed by atoms with E-state index in [1.807, 2.05) is 0 Å². The molecule has 1 N–H and O–H groups in total. The molecule has 0 bridgehead atoms. The van der Waals surface area contributed by atoms with Crippen molar-refractivity contribution in [2.45, 2.75) is 63.9 Å². The van der Waals surface area contributed by atoms with Crippen LogP contribution < -0.4 is 0 Å². The average Bonchev–Trinajstić information content (AvgIpc) is 3.29. The molecule has 2 saturated carbocycles. The fourth-order valence-corrected chi connectivity index (χ4v) is 5.56. The summed E-state index contributed by atoms with van der Waals surface area (Å²) in [5.41, 5.74) is 3.10. The molecule has 0 heterocycles. The highest BCUT2D eigenvalue weighted by Gasteiger charge is 2.57. The maximum atomic E-state index is 11.1. The van der Waals surface area contributed by atoms with E-state index in [-0.39, 0.29) is 6.10 Å². The first-order valence-electron chi connectivity index (χ1n) is 9.07. The first-order valence-corrected chi connectivity index (χ1v) is 9.07. The van der Waals surface area contributed by atoms with Crippen molar-refractivity contribution < 1.29 is 5.11 Å². The van der Waals surface area contributed by atoms with Crippen LogP contribution in [0.2, 0.25) is 0 Å². The van der Waals surface area contributed by atoms with Gasteiger partial charge in [0, 0.05) is 0 Å². The zero-order valence-electron chi connectivity index (χ0n) is 13.2. The molecule has 3 aliphatic carbocycles. The Morgan fingerprint density at radius 3 is 2.81 bits per heavy atom. The predicted molar refractivity (Wildman–Crippen MR) is 86.2 cm³/mol. The molecule has 1 aromatic rings. The van der Waals surface area contributed by atoms with Crippen LogP contribution in [0.3, 0.4) is 0 Å². The van der Waals surface area contributed by atoms with E-state index < -0.39 is 0 Å². The second-order valence-corrected chi connectivity index (χ2v) is 7.61. The van der Waals surface area contributed by atoms with Crippen LogP contribution in [0, 0.1) is 23.7 Å². The lowest BCUT2D eigenvalue weighted by Gasteiger charge is -2.34. The van der Waals surface area contributed by atoms with Gasteiger partial charge in [0.05, 0.1) is 6.10 Å². The van der Waals surface area contributed by atoms with Gasteiger partial charge in [0.15, 0.2) is 0 Å². The number of benzene rings is 1. The minimum Gasteiger partial charge on any atom is -0.393 e. The predicted octanol–water partition coefficient (Wildman–Crippen LogP) is 4.54. The number of aliphatic hydroxyl groups is 1. The van der Waals surface area contributed by atoms with Crippen molar-refractivity contribution in [3.63, 3.8) is 0 Å². The second kappa shape index (κ2) is 5.43. The van der Waals surface area contributed by atoms with Gasteiger partial charge in [0.25, 0.3) is 0 Å². The second-order valence-electron chi connectivity index (χ2n) is 7.61. The largest absolute Gasteiger partial charge is 0.393 e. The Bertz CT molecular complexity index is 508. The summed E-state index contributed by atoms with van der Waals surface area (Å²) >= 11 is 0. The third kappa shape index (κ3) is 2.25. The van der Waals surface area contributed by atoms with Crippen molar-refractivity contribution in [3.8, 4) is 0 Å². The van der Waals surface area contributed by atoms with E-state index >= 15 is 0 Å². The van der Waals surface area contributed by atoms with E-state index in [0.29, 0.717) is 17.8 Å². The van der Waals surface area contributed by atoms with Gasteiger partial charge in [-0.25, -0.2) is 0 Å². The zero-order valence-corrected chi connectivity index (χ0v) is 13.2. The highest BCUT2D eigenvalue weighted by atomic mass is 16.3. The molecule has 3 aliphatic rings. The molecule has 0 saturated heterocycles. The van der Waals surface area contributed by atoms with E-state index in [0.717, 1.165) is 11.8 Å². The molecule has 0 spiro atoms. The lowest BCUT2D eigenvalue weighted by molar-refractivity contribution is 0.0255. The van der Waals surface area contributed by atoms with Crippen LogP contribution >= 0.6 is 0 Å². The summed E-state index contributed by atoms with van der Waals surface area (Å²) < 4.78 is 0. The standard InChI is InChI=1S/C20H28O/c1-2-13-7-3-6-10-16(13)20(21)19-17-12-11-14-8-4-5-9-15(14)18(17)19/h4-5,8-9,13,16-21H,2-3,6-7,10-12H2,1H3. The summed E-state index contributed by atoms with van der Waals surface area (Å²) in [6.45, 7) is 2.31. The van der Waals surface area contributed by atoms with E-state index in [9.17, 15) is 5.11 Å². The quantitative estimate of drug-likeness (QED) is 0.864. The number of hydrogen-bond donors (Lipinski definition) is 1. The van der Waals surface area contributed by atoms with Crippen LogP contribution in [0.5, 0.6) is 0 Å². The minimum atomic E-state index is -0.0450. The molecule has 114 valence electrons. The summed E-state index contributed by atoms with van der Waals surface area (Å²) in [6.07, 6.45) is 9.04. The normalized spacial score (nSPS) is 39.2. The van der Waals surface area contributed by atoms with Crippen molar-refractivity contribution in [3.05, 3.63) is 35.4 Å². The van der Waals surface area contributed by atoms with E-state index in [4.69, 9.17) is 0 Å². The number of fused-ring (bicyclic) bond motifs is 3. The smallest absolute Gasteiger partial charge is 0.0608 e. The Morgan fingerprint density at radius 1 is 1.14 bits per heavy atom. The van der Waals surface area contributed by atoms with Crippen LogP contribution in [-0.2, 0) is 6.42 Å². The molecule has 1 nitrogen and oxygen atoms in total. The van der Waals surface area contributed by atoms with Crippen molar-refractivity contribution in [2.24, 2.45) is 23.7 Å². The molecule has 1 aromatic carbocycles. The Labute approximate surface area is 128 Å². The van der Waals surface area contributed by atoms with Gasteiger partial charge in [-0.05, 0) is 60.0 Å². The van der Waals surface area contributed by atoms with Gasteiger partial charge in [-0.3, -0.25) is 0 Å². The highest BCUT2D eigenvalue weighted by Crippen LogP contribution is 2.63. The molecule has 6 atom stereocenters. The molecule has 0 aliphatic heterocycles. The Morgan fingerprint density at radius 2 is 1.95 bits per heavy atom. The lowest BCUT2D eigenvalue weighted by atomic mass is 9.73. The molecule has 4 rings (SSSR count). The topological polar surface area (TPSA) is 20.2 Å². The summed E-state index contributed by atoms with van der Waals surface area (Å²) in [5.74, 6) is 3.35. The zero-order chi connectivity index (χ0) is 14.4. The molecule has 2 fully saturated rings. The van der Waals surface area contributed by atoms with E-state index in [1.54, 1.807) is 11.1 Å².